The molecule has 0 saturated carbocycles. The zero-order valence-corrected chi connectivity index (χ0v) is 14.2. The molecule has 2 aliphatic rings. The van der Waals surface area contributed by atoms with Crippen LogP contribution in [0, 0.1) is 5.92 Å². The smallest absolute Gasteiger partial charge is 0.320 e. The highest BCUT2D eigenvalue weighted by atomic mass is 32.1. The van der Waals surface area contributed by atoms with Crippen molar-refractivity contribution in [3.63, 3.8) is 0 Å². The number of amides is 2. The molecule has 0 unspecified atom stereocenters. The molecule has 1 aromatic rings. The Kier molecular flexibility index (Phi) is 5.53. The summed E-state index contributed by atoms with van der Waals surface area (Å²) in [5, 5.41) is 18.7. The number of hydrogen-bond donors (Lipinski definition) is 3. The standard InChI is InChI=1S/C16H25N3O3S/c1-11-4-6-19(7-5-11)9-13-15(20)12(10-22-13)17-16(21)18-14-3-2-8-23-14/h2-3,8,11-13,15,20H,4-7,9-10H2,1H3,(H2,17,18,21)/t12-,13-,15+/m0/s1. The fraction of sp³-hybridized carbons (Fsp3) is 0.688. The number of aliphatic hydroxyl groups excluding tert-OH is 1. The van der Waals surface area contributed by atoms with Gasteiger partial charge in [0.25, 0.3) is 0 Å². The first-order chi connectivity index (χ1) is 11.1. The number of nitrogens with zero attached hydrogens (tertiary/aromatic N) is 1. The average molecular weight is 339 g/mol. The Morgan fingerprint density at radius 1 is 1.48 bits per heavy atom. The first-order valence-electron chi connectivity index (χ1n) is 8.25. The summed E-state index contributed by atoms with van der Waals surface area (Å²) in [7, 11) is 0. The van der Waals surface area contributed by atoms with Crippen LogP contribution in [0.3, 0.4) is 0 Å². The number of hydrogen-bond acceptors (Lipinski definition) is 5. The van der Waals surface area contributed by atoms with Gasteiger partial charge in [-0.25, -0.2) is 4.79 Å². The quantitative estimate of drug-likeness (QED) is 0.781. The van der Waals surface area contributed by atoms with Crippen LogP contribution in [0.1, 0.15) is 19.8 Å². The van der Waals surface area contributed by atoms with Crippen LogP contribution in [0.25, 0.3) is 0 Å². The maximum atomic E-state index is 12.0. The normalized spacial score (nSPS) is 29.6. The zero-order chi connectivity index (χ0) is 16.2. The van der Waals surface area contributed by atoms with Crippen molar-refractivity contribution in [2.24, 2.45) is 5.92 Å². The van der Waals surface area contributed by atoms with E-state index in [1.807, 2.05) is 17.5 Å². The molecule has 3 N–H and O–H groups in total. The van der Waals surface area contributed by atoms with E-state index in [2.05, 4.69) is 22.5 Å². The molecule has 2 aliphatic heterocycles. The fourth-order valence-electron chi connectivity index (χ4n) is 3.14. The van der Waals surface area contributed by atoms with Crippen LogP contribution in [0.4, 0.5) is 9.80 Å². The number of anilines is 1. The minimum Gasteiger partial charge on any atom is -0.388 e. The molecular formula is C16H25N3O3S. The van der Waals surface area contributed by atoms with Crippen molar-refractivity contribution >= 4 is 22.4 Å². The molecule has 0 aliphatic carbocycles. The number of piperidine rings is 1. The molecule has 0 bridgehead atoms. The molecule has 2 saturated heterocycles. The molecule has 23 heavy (non-hydrogen) atoms. The Bertz CT molecular complexity index is 503. The number of aliphatic hydroxyl groups is 1. The third kappa shape index (κ3) is 4.44. The van der Waals surface area contributed by atoms with Crippen LogP contribution in [0.5, 0.6) is 0 Å². The molecule has 2 amide bonds. The number of rotatable bonds is 4. The summed E-state index contributed by atoms with van der Waals surface area (Å²) < 4.78 is 5.71. The van der Waals surface area contributed by atoms with Crippen LogP contribution in [-0.2, 0) is 4.74 Å². The number of carbonyl (C=O) groups is 1. The van der Waals surface area contributed by atoms with Gasteiger partial charge in [-0.3, -0.25) is 5.32 Å². The van der Waals surface area contributed by atoms with Crippen LogP contribution < -0.4 is 10.6 Å². The molecule has 0 spiro atoms. The third-order valence-electron chi connectivity index (χ3n) is 4.67. The predicted octanol–water partition coefficient (Wildman–Crippen LogP) is 1.73. The lowest BCUT2D eigenvalue weighted by Gasteiger charge is -2.32. The number of ether oxygens (including phenoxy) is 1. The highest BCUT2D eigenvalue weighted by molar-refractivity contribution is 7.14. The first-order valence-corrected chi connectivity index (χ1v) is 9.13. The van der Waals surface area contributed by atoms with E-state index in [1.165, 1.54) is 24.2 Å². The highest BCUT2D eigenvalue weighted by Gasteiger charge is 2.38. The molecule has 128 valence electrons. The molecule has 0 radical (unpaired) electrons. The third-order valence-corrected chi connectivity index (χ3v) is 5.46. The van der Waals surface area contributed by atoms with E-state index in [0.29, 0.717) is 6.61 Å². The summed E-state index contributed by atoms with van der Waals surface area (Å²) in [5.41, 5.74) is 0. The maximum Gasteiger partial charge on any atom is 0.320 e. The Labute approximate surface area is 140 Å². The summed E-state index contributed by atoms with van der Waals surface area (Å²) in [6, 6.07) is 3.06. The van der Waals surface area contributed by atoms with Gasteiger partial charge in [-0.15, -0.1) is 11.3 Å². The van der Waals surface area contributed by atoms with Gasteiger partial charge in [0.2, 0.25) is 0 Å². The van der Waals surface area contributed by atoms with Crippen molar-refractivity contribution in [2.45, 2.75) is 38.0 Å². The zero-order valence-electron chi connectivity index (χ0n) is 13.4. The number of urea groups is 1. The lowest BCUT2D eigenvalue weighted by atomic mass is 9.98. The monoisotopic (exact) mass is 339 g/mol. The number of likely N-dealkylation sites (tertiary alicyclic amines) is 1. The van der Waals surface area contributed by atoms with E-state index in [1.54, 1.807) is 0 Å². The molecule has 1 aromatic heterocycles. The Hall–Kier alpha value is -1.15. The lowest BCUT2D eigenvalue weighted by molar-refractivity contribution is 0.00883. The van der Waals surface area contributed by atoms with Crippen LogP contribution >= 0.6 is 11.3 Å². The average Bonchev–Trinajstić information content (AvgIpc) is 3.14. The molecule has 7 heteroatoms. The van der Waals surface area contributed by atoms with Gasteiger partial charge >= 0.3 is 6.03 Å². The van der Waals surface area contributed by atoms with E-state index >= 15 is 0 Å². The van der Waals surface area contributed by atoms with E-state index in [4.69, 9.17) is 4.74 Å². The molecule has 3 atom stereocenters. The van der Waals surface area contributed by atoms with Crippen molar-refractivity contribution in [1.29, 1.82) is 0 Å². The van der Waals surface area contributed by atoms with Crippen molar-refractivity contribution in [3.8, 4) is 0 Å². The topological polar surface area (TPSA) is 73.8 Å². The maximum absolute atomic E-state index is 12.0. The second kappa shape index (κ2) is 7.61. The van der Waals surface area contributed by atoms with Crippen molar-refractivity contribution in [3.05, 3.63) is 17.5 Å². The summed E-state index contributed by atoms with van der Waals surface area (Å²) >= 11 is 1.46. The first kappa shape index (κ1) is 16.7. The minimum absolute atomic E-state index is 0.226. The van der Waals surface area contributed by atoms with Crippen LogP contribution in [0.2, 0.25) is 0 Å². The largest absolute Gasteiger partial charge is 0.388 e. The molecule has 2 fully saturated rings. The summed E-state index contributed by atoms with van der Waals surface area (Å²) in [4.78, 5) is 14.3. The van der Waals surface area contributed by atoms with Gasteiger partial charge in [0, 0.05) is 6.54 Å². The molecule has 3 rings (SSSR count). The van der Waals surface area contributed by atoms with Gasteiger partial charge < -0.3 is 20.1 Å². The SMILES string of the molecule is CC1CCN(C[C@@H]2OC[C@H](NC(=O)Nc3cccs3)[C@H]2O)CC1. The predicted molar refractivity (Wildman–Crippen MR) is 90.8 cm³/mol. The molecule has 3 heterocycles. The number of thiophene rings is 1. The molecular weight excluding hydrogens is 314 g/mol. The fourth-order valence-corrected chi connectivity index (χ4v) is 3.75. The second-order valence-corrected chi connectivity index (χ2v) is 7.48. The summed E-state index contributed by atoms with van der Waals surface area (Å²) in [5.74, 6) is 0.788. The Morgan fingerprint density at radius 3 is 2.96 bits per heavy atom. The van der Waals surface area contributed by atoms with Gasteiger partial charge in [0.15, 0.2) is 0 Å². The van der Waals surface area contributed by atoms with Gasteiger partial charge in [0.05, 0.1) is 23.8 Å². The lowest BCUT2D eigenvalue weighted by Crippen LogP contribution is -2.48. The van der Waals surface area contributed by atoms with E-state index in [-0.39, 0.29) is 18.2 Å². The molecule has 0 aromatic carbocycles. The van der Waals surface area contributed by atoms with Gasteiger partial charge in [0.1, 0.15) is 6.10 Å². The van der Waals surface area contributed by atoms with E-state index in [0.717, 1.165) is 30.6 Å². The Morgan fingerprint density at radius 2 is 2.26 bits per heavy atom. The highest BCUT2D eigenvalue weighted by Crippen LogP contribution is 2.21. The van der Waals surface area contributed by atoms with Crippen LogP contribution in [0.15, 0.2) is 17.5 Å². The van der Waals surface area contributed by atoms with Crippen molar-refractivity contribution < 1.29 is 14.6 Å². The van der Waals surface area contributed by atoms with E-state index < -0.39 is 6.10 Å². The number of carbonyl (C=O) groups excluding carboxylic acids is 1. The van der Waals surface area contributed by atoms with Gasteiger partial charge in [-0.05, 0) is 49.4 Å². The second-order valence-electron chi connectivity index (χ2n) is 6.53. The Balaban J connectivity index is 1.44. The van der Waals surface area contributed by atoms with Gasteiger partial charge in [-0.1, -0.05) is 6.92 Å². The number of nitrogens with one attached hydrogen (secondary N) is 2. The van der Waals surface area contributed by atoms with Crippen molar-refractivity contribution in [2.75, 3.05) is 31.6 Å². The molecule has 6 nitrogen and oxygen atoms in total. The van der Waals surface area contributed by atoms with Gasteiger partial charge in [-0.2, -0.15) is 0 Å². The van der Waals surface area contributed by atoms with E-state index in [9.17, 15) is 9.90 Å². The summed E-state index contributed by atoms with van der Waals surface area (Å²) in [6.07, 6.45) is 1.51. The van der Waals surface area contributed by atoms with Crippen molar-refractivity contribution in [1.82, 2.24) is 10.2 Å². The summed E-state index contributed by atoms with van der Waals surface area (Å²) in [6.45, 7) is 5.49. The minimum atomic E-state index is -0.663. The van der Waals surface area contributed by atoms with Crippen LogP contribution in [-0.4, -0.2) is 60.5 Å².